The molecule has 2 aromatic rings. The van der Waals surface area contributed by atoms with E-state index in [9.17, 15) is 0 Å². The average molecular weight is 289 g/mol. The summed E-state index contributed by atoms with van der Waals surface area (Å²) in [4.78, 5) is 0. The second-order valence-electron chi connectivity index (χ2n) is 6.43. The molecule has 1 fully saturated rings. The molecule has 2 aromatic carbocycles. The molecule has 0 atom stereocenters. The molecule has 112 valence electrons. The van der Waals surface area contributed by atoms with E-state index in [-0.39, 0.29) is 0 Å². The summed E-state index contributed by atoms with van der Waals surface area (Å²) in [6.07, 6.45) is 5.18. The van der Waals surface area contributed by atoms with Crippen LogP contribution in [0.15, 0.2) is 48.5 Å². The third-order valence-electron chi connectivity index (χ3n) is 4.57. The van der Waals surface area contributed by atoms with E-state index in [0.29, 0.717) is 5.92 Å². The average Bonchev–Trinajstić information content (AvgIpc) is 2.56. The number of anilines is 1. The normalized spacial score (nSPS) is 21.0. The van der Waals surface area contributed by atoms with E-state index >= 15 is 0 Å². The predicted molar refractivity (Wildman–Crippen MR) is 94.3 cm³/mol. The molecule has 0 unspecified atom stereocenters. The first-order valence-electron chi connectivity index (χ1n) is 8.18. The fraction of sp³-hybridized carbons (Fsp3) is 0.333. The minimum absolute atomic E-state index is 0.591. The van der Waals surface area contributed by atoms with Crippen molar-refractivity contribution >= 4 is 5.69 Å². The highest BCUT2D eigenvalue weighted by atomic mass is 14.5. The van der Waals surface area contributed by atoms with Crippen LogP contribution < -0.4 is 5.73 Å². The molecule has 0 heterocycles. The molecule has 2 N–H and O–H groups in total. The Morgan fingerprint density at radius 3 is 1.95 bits per heavy atom. The molecule has 0 aromatic heterocycles. The smallest absolute Gasteiger partial charge is 0.0314 e. The van der Waals surface area contributed by atoms with Crippen LogP contribution in [0.25, 0.3) is 11.1 Å². The Labute approximate surface area is 133 Å². The zero-order valence-electron chi connectivity index (χ0n) is 13.2. The molecule has 0 saturated heterocycles. The fourth-order valence-electron chi connectivity index (χ4n) is 3.01. The van der Waals surface area contributed by atoms with Crippen LogP contribution in [0, 0.1) is 23.7 Å². The summed E-state index contributed by atoms with van der Waals surface area (Å²) in [5.41, 5.74) is 10.0. The van der Waals surface area contributed by atoms with E-state index < -0.39 is 0 Å². The first-order valence-corrected chi connectivity index (χ1v) is 8.18. The molecular formula is C21H23N. The molecule has 1 aliphatic rings. The van der Waals surface area contributed by atoms with Crippen LogP contribution in [-0.2, 0) is 0 Å². The van der Waals surface area contributed by atoms with Crippen molar-refractivity contribution in [2.75, 3.05) is 5.73 Å². The summed E-state index contributed by atoms with van der Waals surface area (Å²) in [5.74, 6) is 8.28. The minimum Gasteiger partial charge on any atom is -0.399 e. The fourth-order valence-corrected chi connectivity index (χ4v) is 3.01. The number of hydrogen-bond donors (Lipinski definition) is 1. The van der Waals surface area contributed by atoms with Crippen molar-refractivity contribution in [1.82, 2.24) is 0 Å². The molecule has 0 aliphatic heterocycles. The van der Waals surface area contributed by atoms with Crippen molar-refractivity contribution in [2.24, 2.45) is 11.8 Å². The summed E-state index contributed by atoms with van der Waals surface area (Å²) in [7, 11) is 0. The van der Waals surface area contributed by atoms with Crippen LogP contribution in [0.3, 0.4) is 0 Å². The number of nitrogens with two attached hydrogens (primary N) is 1. The summed E-state index contributed by atoms with van der Waals surface area (Å²) < 4.78 is 0. The van der Waals surface area contributed by atoms with Gasteiger partial charge in [0.15, 0.2) is 0 Å². The van der Waals surface area contributed by atoms with Crippen LogP contribution in [0.5, 0.6) is 0 Å². The third-order valence-corrected chi connectivity index (χ3v) is 4.57. The Bertz CT molecular complexity index is 663. The molecule has 0 bridgehead atoms. The third kappa shape index (κ3) is 3.71. The Morgan fingerprint density at radius 2 is 1.36 bits per heavy atom. The zero-order chi connectivity index (χ0) is 15.4. The monoisotopic (exact) mass is 289 g/mol. The molecule has 1 heteroatoms. The van der Waals surface area contributed by atoms with Gasteiger partial charge in [-0.25, -0.2) is 0 Å². The highest BCUT2D eigenvalue weighted by molar-refractivity contribution is 5.66. The van der Waals surface area contributed by atoms with Gasteiger partial charge in [0.25, 0.3) is 0 Å². The summed E-state index contributed by atoms with van der Waals surface area (Å²) in [6.45, 7) is 2.35. The van der Waals surface area contributed by atoms with Crippen LogP contribution in [0.1, 0.15) is 38.2 Å². The van der Waals surface area contributed by atoms with Gasteiger partial charge in [0.1, 0.15) is 0 Å². The number of hydrogen-bond acceptors (Lipinski definition) is 1. The van der Waals surface area contributed by atoms with E-state index in [1.165, 1.54) is 36.8 Å². The van der Waals surface area contributed by atoms with Crippen molar-refractivity contribution < 1.29 is 0 Å². The van der Waals surface area contributed by atoms with E-state index in [2.05, 4.69) is 55.2 Å². The van der Waals surface area contributed by atoms with Gasteiger partial charge in [0, 0.05) is 17.2 Å². The van der Waals surface area contributed by atoms with Crippen molar-refractivity contribution in [2.45, 2.75) is 32.6 Å². The van der Waals surface area contributed by atoms with Crippen molar-refractivity contribution in [3.63, 3.8) is 0 Å². The lowest BCUT2D eigenvalue weighted by Gasteiger charge is -2.21. The van der Waals surface area contributed by atoms with Crippen molar-refractivity contribution in [3.05, 3.63) is 54.1 Å². The van der Waals surface area contributed by atoms with Gasteiger partial charge in [-0.2, -0.15) is 0 Å². The molecule has 1 saturated carbocycles. The highest BCUT2D eigenvalue weighted by Gasteiger charge is 2.15. The van der Waals surface area contributed by atoms with Gasteiger partial charge in [-0.1, -0.05) is 43.0 Å². The van der Waals surface area contributed by atoms with Crippen molar-refractivity contribution in [3.8, 4) is 23.0 Å². The number of nitrogen functional groups attached to an aromatic ring is 1. The lowest BCUT2D eigenvalue weighted by atomic mass is 9.83. The predicted octanol–water partition coefficient (Wildman–Crippen LogP) is 5.11. The van der Waals surface area contributed by atoms with Crippen LogP contribution in [-0.4, -0.2) is 0 Å². The van der Waals surface area contributed by atoms with Crippen LogP contribution >= 0.6 is 0 Å². The van der Waals surface area contributed by atoms with E-state index in [4.69, 9.17) is 5.73 Å². The number of rotatable bonds is 1. The summed E-state index contributed by atoms with van der Waals surface area (Å²) >= 11 is 0. The van der Waals surface area contributed by atoms with E-state index in [1.807, 2.05) is 12.1 Å². The Balaban J connectivity index is 1.68. The first-order chi connectivity index (χ1) is 10.7. The van der Waals surface area contributed by atoms with Gasteiger partial charge >= 0.3 is 0 Å². The quantitative estimate of drug-likeness (QED) is 0.572. The van der Waals surface area contributed by atoms with Crippen molar-refractivity contribution in [1.29, 1.82) is 0 Å². The highest BCUT2D eigenvalue weighted by Crippen LogP contribution is 2.27. The molecule has 0 radical (unpaired) electrons. The standard InChI is InChI=1S/C21H23N/c1-16-2-4-17(5-3-16)6-7-18-8-10-19(11-9-18)20-12-14-21(22)15-13-20/h8-17H,2-5,22H2,1H3. The van der Waals surface area contributed by atoms with Gasteiger partial charge in [0.05, 0.1) is 0 Å². The summed E-state index contributed by atoms with van der Waals surface area (Å²) in [5, 5.41) is 0. The lowest BCUT2D eigenvalue weighted by Crippen LogP contribution is -2.10. The van der Waals surface area contributed by atoms with Gasteiger partial charge in [-0.05, 0) is 67.0 Å². The molecule has 22 heavy (non-hydrogen) atoms. The van der Waals surface area contributed by atoms with Gasteiger partial charge in [-0.3, -0.25) is 0 Å². The van der Waals surface area contributed by atoms with Crippen LogP contribution in [0.4, 0.5) is 5.69 Å². The Morgan fingerprint density at radius 1 is 0.818 bits per heavy atom. The molecule has 1 nitrogen and oxygen atoms in total. The molecule has 3 rings (SSSR count). The first kappa shape index (κ1) is 14.7. The van der Waals surface area contributed by atoms with E-state index in [1.54, 1.807) is 0 Å². The topological polar surface area (TPSA) is 26.0 Å². The SMILES string of the molecule is CC1CCC(C#Cc2ccc(-c3ccc(N)cc3)cc2)CC1. The maximum atomic E-state index is 5.73. The molecule has 0 amide bonds. The van der Waals surface area contributed by atoms with Gasteiger partial charge in [-0.15, -0.1) is 0 Å². The Hall–Kier alpha value is -2.20. The molecular weight excluding hydrogens is 266 g/mol. The minimum atomic E-state index is 0.591. The maximum absolute atomic E-state index is 5.73. The lowest BCUT2D eigenvalue weighted by molar-refractivity contribution is 0.337. The maximum Gasteiger partial charge on any atom is 0.0314 e. The van der Waals surface area contributed by atoms with Gasteiger partial charge in [0.2, 0.25) is 0 Å². The second kappa shape index (κ2) is 6.71. The Kier molecular flexibility index (Phi) is 4.49. The second-order valence-corrected chi connectivity index (χ2v) is 6.43. The zero-order valence-corrected chi connectivity index (χ0v) is 13.2. The van der Waals surface area contributed by atoms with Gasteiger partial charge < -0.3 is 5.73 Å². The van der Waals surface area contributed by atoms with Crippen LogP contribution in [0.2, 0.25) is 0 Å². The molecule has 1 aliphatic carbocycles. The largest absolute Gasteiger partial charge is 0.399 e. The summed E-state index contributed by atoms with van der Waals surface area (Å²) in [6, 6.07) is 16.5. The number of benzene rings is 2. The van der Waals surface area contributed by atoms with E-state index in [0.717, 1.165) is 17.2 Å². The molecule has 0 spiro atoms.